The highest BCUT2D eigenvalue weighted by molar-refractivity contribution is 8.00. The van der Waals surface area contributed by atoms with Gasteiger partial charge in [0.25, 0.3) is 0 Å². The minimum Gasteiger partial charge on any atom is -0.355 e. The fourth-order valence-corrected chi connectivity index (χ4v) is 6.10. The Kier molecular flexibility index (Phi) is 5.60. The number of nitrogens with zero attached hydrogens (tertiary/aromatic N) is 2. The van der Waals surface area contributed by atoms with E-state index in [1.54, 1.807) is 29.4 Å². The van der Waals surface area contributed by atoms with Crippen LogP contribution in [0.15, 0.2) is 23.0 Å². The highest BCUT2D eigenvalue weighted by atomic mass is 32.2. The van der Waals surface area contributed by atoms with Gasteiger partial charge in [-0.15, -0.1) is 11.3 Å². The van der Waals surface area contributed by atoms with Gasteiger partial charge < -0.3 is 5.32 Å². The normalized spacial score (nSPS) is 17.8. The van der Waals surface area contributed by atoms with Crippen molar-refractivity contribution in [1.82, 2.24) is 15.3 Å². The van der Waals surface area contributed by atoms with E-state index < -0.39 is 0 Å². The highest BCUT2D eigenvalue weighted by Crippen LogP contribution is 2.40. The average molecular weight is 388 g/mol. The first-order valence-electron chi connectivity index (χ1n) is 9.60. The maximum atomic E-state index is 12.5. The molecule has 2 aromatic heterocycles. The van der Waals surface area contributed by atoms with Gasteiger partial charge in [-0.05, 0) is 63.9 Å². The largest absolute Gasteiger partial charge is 0.355 e. The summed E-state index contributed by atoms with van der Waals surface area (Å²) in [6.07, 6.45) is 13.5. The molecule has 0 saturated carbocycles. The Morgan fingerprint density at radius 3 is 3.04 bits per heavy atom. The van der Waals surface area contributed by atoms with Crippen molar-refractivity contribution in [3.05, 3.63) is 28.4 Å². The molecule has 0 aromatic carbocycles. The Morgan fingerprint density at radius 1 is 1.27 bits per heavy atom. The standard InChI is InChI=1S/C20H25N3OS2/c1-13(18(24)21-11-10-14-6-3-2-4-7-14)25-19-17-15-8-5-9-16(15)26-20(17)23-12-22-19/h6,12-13H,2-5,7-11H2,1H3,(H,21,24)/t13-/m0/s1. The maximum Gasteiger partial charge on any atom is 0.233 e. The first-order valence-corrected chi connectivity index (χ1v) is 11.3. The second-order valence-electron chi connectivity index (χ2n) is 7.13. The molecule has 1 atom stereocenters. The summed E-state index contributed by atoms with van der Waals surface area (Å²) in [5.41, 5.74) is 2.92. The number of hydrogen-bond acceptors (Lipinski definition) is 5. The van der Waals surface area contributed by atoms with Gasteiger partial charge in [-0.25, -0.2) is 9.97 Å². The predicted molar refractivity (Wildman–Crippen MR) is 109 cm³/mol. The van der Waals surface area contributed by atoms with E-state index in [2.05, 4.69) is 21.4 Å². The fraction of sp³-hybridized carbons (Fsp3) is 0.550. The molecule has 2 heterocycles. The van der Waals surface area contributed by atoms with Crippen molar-refractivity contribution in [2.24, 2.45) is 0 Å². The van der Waals surface area contributed by atoms with Crippen LogP contribution in [0.3, 0.4) is 0 Å². The molecular formula is C20H25N3OS2. The van der Waals surface area contributed by atoms with Gasteiger partial charge in [0.1, 0.15) is 16.2 Å². The van der Waals surface area contributed by atoms with Gasteiger partial charge >= 0.3 is 0 Å². The zero-order valence-electron chi connectivity index (χ0n) is 15.2. The lowest BCUT2D eigenvalue weighted by molar-refractivity contribution is -0.120. The lowest BCUT2D eigenvalue weighted by Crippen LogP contribution is -2.32. The zero-order valence-corrected chi connectivity index (χ0v) is 16.8. The third-order valence-electron chi connectivity index (χ3n) is 5.25. The number of allylic oxidation sites excluding steroid dienone is 1. The number of hydrogen-bond donors (Lipinski definition) is 1. The van der Waals surface area contributed by atoms with Gasteiger partial charge in [0, 0.05) is 16.8 Å². The zero-order chi connectivity index (χ0) is 17.9. The lowest BCUT2D eigenvalue weighted by Gasteiger charge is -2.15. The van der Waals surface area contributed by atoms with Crippen LogP contribution in [0.25, 0.3) is 10.2 Å². The molecule has 4 nitrogen and oxygen atoms in total. The Bertz CT molecular complexity index is 843. The summed E-state index contributed by atoms with van der Waals surface area (Å²) in [5, 5.41) is 5.12. The molecule has 0 unspecified atom stereocenters. The SMILES string of the molecule is C[C@H](Sc1ncnc2sc3c(c12)CCC3)C(=O)NCCC1=CCCCC1. The molecule has 0 radical (unpaired) electrons. The molecule has 2 aromatic rings. The van der Waals surface area contributed by atoms with Gasteiger partial charge in [0.15, 0.2) is 0 Å². The number of thioether (sulfide) groups is 1. The summed E-state index contributed by atoms with van der Waals surface area (Å²) in [4.78, 5) is 24.0. The molecule has 26 heavy (non-hydrogen) atoms. The first kappa shape index (κ1) is 18.0. The van der Waals surface area contributed by atoms with Crippen LogP contribution >= 0.6 is 23.1 Å². The van der Waals surface area contributed by atoms with E-state index in [1.165, 1.54) is 53.5 Å². The number of carbonyl (C=O) groups excluding carboxylic acids is 1. The monoisotopic (exact) mass is 387 g/mol. The molecule has 0 saturated heterocycles. The van der Waals surface area contributed by atoms with E-state index in [9.17, 15) is 4.79 Å². The third kappa shape index (κ3) is 3.81. The molecule has 1 amide bonds. The molecule has 0 aliphatic heterocycles. The fourth-order valence-electron chi connectivity index (χ4n) is 3.83. The van der Waals surface area contributed by atoms with Gasteiger partial charge in [-0.2, -0.15) is 0 Å². The number of thiophene rings is 1. The van der Waals surface area contributed by atoms with Crippen LogP contribution in [0, 0.1) is 0 Å². The van der Waals surface area contributed by atoms with Gasteiger partial charge in [-0.3, -0.25) is 4.79 Å². The first-order chi connectivity index (χ1) is 12.7. The summed E-state index contributed by atoms with van der Waals surface area (Å²) in [5.74, 6) is 0.102. The second kappa shape index (κ2) is 8.09. The van der Waals surface area contributed by atoms with Gasteiger partial charge in [0.2, 0.25) is 5.91 Å². The predicted octanol–water partition coefficient (Wildman–Crippen LogP) is 4.67. The van der Waals surface area contributed by atoms with E-state index >= 15 is 0 Å². The van der Waals surface area contributed by atoms with Crippen molar-refractivity contribution < 1.29 is 4.79 Å². The number of rotatable bonds is 6. The number of carbonyl (C=O) groups is 1. The molecule has 0 fully saturated rings. The molecule has 2 aliphatic rings. The van der Waals surface area contributed by atoms with Crippen molar-refractivity contribution in [1.29, 1.82) is 0 Å². The third-order valence-corrected chi connectivity index (χ3v) is 7.55. The van der Waals surface area contributed by atoms with E-state index in [0.29, 0.717) is 0 Å². The van der Waals surface area contributed by atoms with Crippen LogP contribution in [0.1, 0.15) is 55.9 Å². The Morgan fingerprint density at radius 2 is 2.19 bits per heavy atom. The van der Waals surface area contributed by atoms with Crippen LogP contribution in [-0.2, 0) is 17.6 Å². The lowest BCUT2D eigenvalue weighted by atomic mass is 9.97. The van der Waals surface area contributed by atoms with Crippen LogP contribution in [0.2, 0.25) is 0 Å². The van der Waals surface area contributed by atoms with Crippen molar-refractivity contribution in [2.75, 3.05) is 6.54 Å². The Balaban J connectivity index is 1.38. The molecule has 0 bridgehead atoms. The summed E-state index contributed by atoms with van der Waals surface area (Å²) in [6, 6.07) is 0. The summed E-state index contributed by atoms with van der Waals surface area (Å²) < 4.78 is 0. The Labute approximate surface area is 162 Å². The van der Waals surface area contributed by atoms with Crippen LogP contribution in [-0.4, -0.2) is 27.7 Å². The topological polar surface area (TPSA) is 54.9 Å². The van der Waals surface area contributed by atoms with E-state index in [0.717, 1.165) is 35.7 Å². The smallest absolute Gasteiger partial charge is 0.233 e. The molecule has 6 heteroatoms. The number of fused-ring (bicyclic) bond motifs is 3. The maximum absolute atomic E-state index is 12.5. The molecule has 0 spiro atoms. The van der Waals surface area contributed by atoms with Crippen molar-refractivity contribution in [3.8, 4) is 0 Å². The molecular weight excluding hydrogens is 362 g/mol. The highest BCUT2D eigenvalue weighted by Gasteiger charge is 2.23. The van der Waals surface area contributed by atoms with Crippen LogP contribution in [0.4, 0.5) is 0 Å². The quantitative estimate of drug-likeness (QED) is 0.445. The van der Waals surface area contributed by atoms with E-state index in [-0.39, 0.29) is 11.2 Å². The van der Waals surface area contributed by atoms with Crippen LogP contribution < -0.4 is 5.32 Å². The number of amides is 1. The van der Waals surface area contributed by atoms with Crippen LogP contribution in [0.5, 0.6) is 0 Å². The van der Waals surface area contributed by atoms with Gasteiger partial charge in [0.05, 0.1) is 5.25 Å². The minimum atomic E-state index is -0.148. The van der Waals surface area contributed by atoms with Crippen molar-refractivity contribution in [2.45, 2.75) is 68.6 Å². The second-order valence-corrected chi connectivity index (χ2v) is 9.54. The molecule has 4 rings (SSSR count). The summed E-state index contributed by atoms with van der Waals surface area (Å²) in [6.45, 7) is 2.71. The molecule has 1 N–H and O–H groups in total. The minimum absolute atomic E-state index is 0.102. The number of nitrogens with one attached hydrogen (secondary N) is 1. The number of aromatic nitrogens is 2. The summed E-state index contributed by atoms with van der Waals surface area (Å²) in [7, 11) is 0. The summed E-state index contributed by atoms with van der Waals surface area (Å²) >= 11 is 3.36. The Hall–Kier alpha value is -1.40. The van der Waals surface area contributed by atoms with Crippen molar-refractivity contribution >= 4 is 39.2 Å². The van der Waals surface area contributed by atoms with Crippen molar-refractivity contribution in [3.63, 3.8) is 0 Å². The molecule has 2 aliphatic carbocycles. The molecule has 138 valence electrons. The van der Waals surface area contributed by atoms with E-state index in [1.807, 2.05) is 6.92 Å². The van der Waals surface area contributed by atoms with E-state index in [4.69, 9.17) is 0 Å². The average Bonchev–Trinajstić information content (AvgIpc) is 3.23. The van der Waals surface area contributed by atoms with Gasteiger partial charge in [-0.1, -0.05) is 23.4 Å². The number of aryl methyl sites for hydroxylation is 2.